The molecule has 0 aliphatic carbocycles. The van der Waals surface area contributed by atoms with E-state index >= 15 is 0 Å². The maximum atomic E-state index is 6.61. The third-order valence-corrected chi connectivity index (χ3v) is 6.13. The molecule has 162 valence electrons. The number of rotatable bonds is 6. The van der Waals surface area contributed by atoms with Gasteiger partial charge in [0.1, 0.15) is 24.2 Å². The number of nitrogens with zero attached hydrogens (tertiary/aromatic N) is 1. The monoisotopic (exact) mass is 450 g/mol. The van der Waals surface area contributed by atoms with Crippen LogP contribution in [0.2, 0.25) is 10.0 Å². The quantitative estimate of drug-likeness (QED) is 0.612. The van der Waals surface area contributed by atoms with Gasteiger partial charge in [-0.05, 0) is 50.1 Å². The van der Waals surface area contributed by atoms with Gasteiger partial charge in [-0.25, -0.2) is 0 Å². The Kier molecular flexibility index (Phi) is 6.94. The number of hydrogen-bond acceptors (Lipinski definition) is 4. The van der Waals surface area contributed by atoms with E-state index in [9.17, 15) is 0 Å². The minimum Gasteiger partial charge on any atom is -0.492 e. The molecule has 1 aromatic heterocycles. The molecule has 1 unspecified atom stereocenters. The molecule has 4 rings (SSSR count). The summed E-state index contributed by atoms with van der Waals surface area (Å²) in [4.78, 5) is 0. The third kappa shape index (κ3) is 4.50. The lowest BCUT2D eigenvalue weighted by molar-refractivity contribution is 0.0553. The fourth-order valence-corrected chi connectivity index (χ4v) is 4.80. The van der Waals surface area contributed by atoms with Crippen LogP contribution in [0.1, 0.15) is 31.5 Å². The number of fused-ring (bicyclic) bond motifs is 3. The summed E-state index contributed by atoms with van der Waals surface area (Å²) in [7, 11) is 0. The molecular formula is C23H28Cl2N2O3. The van der Waals surface area contributed by atoms with Gasteiger partial charge in [-0.2, -0.15) is 0 Å². The van der Waals surface area contributed by atoms with Crippen molar-refractivity contribution in [1.82, 2.24) is 9.88 Å². The zero-order valence-corrected chi connectivity index (χ0v) is 19.0. The van der Waals surface area contributed by atoms with Crippen molar-refractivity contribution in [1.29, 1.82) is 0 Å². The molecule has 1 saturated heterocycles. The van der Waals surface area contributed by atoms with E-state index in [1.54, 1.807) is 0 Å². The Labute approximate surface area is 187 Å². The Bertz CT molecular complexity index is 981. The van der Waals surface area contributed by atoms with Crippen LogP contribution in [-0.4, -0.2) is 37.2 Å². The second kappa shape index (κ2) is 9.65. The van der Waals surface area contributed by atoms with E-state index in [0.29, 0.717) is 18.4 Å². The molecule has 3 heterocycles. The molecule has 1 N–H and O–H groups in total. The van der Waals surface area contributed by atoms with E-state index < -0.39 is 0 Å². The van der Waals surface area contributed by atoms with Crippen molar-refractivity contribution in [3.63, 3.8) is 0 Å². The molecular weight excluding hydrogens is 423 g/mol. The molecule has 0 radical (unpaired) electrons. The molecule has 0 saturated carbocycles. The van der Waals surface area contributed by atoms with Crippen LogP contribution in [0.3, 0.4) is 0 Å². The van der Waals surface area contributed by atoms with Crippen LogP contribution in [-0.2, 0) is 33.6 Å². The first-order chi connectivity index (χ1) is 14.6. The number of aromatic nitrogens is 1. The molecule has 7 heteroatoms. The molecule has 0 amide bonds. The first-order valence-electron chi connectivity index (χ1n) is 10.6. The van der Waals surface area contributed by atoms with E-state index in [1.165, 1.54) is 11.3 Å². The smallest absolute Gasteiger partial charge is 0.189 e. The zero-order chi connectivity index (χ0) is 21.1. The van der Waals surface area contributed by atoms with Crippen molar-refractivity contribution in [2.75, 3.05) is 26.5 Å². The summed E-state index contributed by atoms with van der Waals surface area (Å²) in [6.07, 6.45) is 6.76. The molecule has 2 aliphatic heterocycles. The number of ether oxygens (including phenoxy) is 3. The van der Waals surface area contributed by atoms with E-state index in [4.69, 9.17) is 37.4 Å². The molecule has 0 bridgehead atoms. The van der Waals surface area contributed by atoms with Crippen LogP contribution in [0.4, 0.5) is 0 Å². The summed E-state index contributed by atoms with van der Waals surface area (Å²) in [5.74, 6) is 1.62. The largest absolute Gasteiger partial charge is 0.492 e. The highest BCUT2D eigenvalue weighted by atomic mass is 35.5. The normalized spacial score (nSPS) is 21.0. The Morgan fingerprint density at radius 1 is 1.30 bits per heavy atom. The van der Waals surface area contributed by atoms with Crippen molar-refractivity contribution in [2.45, 2.75) is 45.8 Å². The van der Waals surface area contributed by atoms with Crippen molar-refractivity contribution in [3.05, 3.63) is 57.1 Å². The van der Waals surface area contributed by atoms with E-state index in [0.717, 1.165) is 66.3 Å². The fraction of sp³-hybridized carbons (Fsp3) is 0.478. The van der Waals surface area contributed by atoms with E-state index in [-0.39, 0.29) is 6.10 Å². The summed E-state index contributed by atoms with van der Waals surface area (Å²) in [6, 6.07) is 3.85. The van der Waals surface area contributed by atoms with Crippen LogP contribution < -0.4 is 5.32 Å². The molecule has 1 aromatic carbocycles. The van der Waals surface area contributed by atoms with Crippen LogP contribution in [0.25, 0.3) is 10.9 Å². The van der Waals surface area contributed by atoms with Crippen molar-refractivity contribution >= 4 is 34.1 Å². The lowest BCUT2D eigenvalue weighted by Crippen LogP contribution is -2.17. The predicted molar refractivity (Wildman–Crippen MR) is 121 cm³/mol. The molecule has 2 aromatic rings. The highest BCUT2D eigenvalue weighted by Crippen LogP contribution is 2.36. The summed E-state index contributed by atoms with van der Waals surface area (Å²) in [5, 5.41) is 5.98. The first-order valence-corrected chi connectivity index (χ1v) is 11.3. The van der Waals surface area contributed by atoms with Gasteiger partial charge >= 0.3 is 0 Å². The number of allylic oxidation sites excluding steroid dienone is 2. The van der Waals surface area contributed by atoms with Gasteiger partial charge in [0.05, 0.1) is 17.1 Å². The molecule has 5 nitrogen and oxygen atoms in total. The summed E-state index contributed by atoms with van der Waals surface area (Å²) < 4.78 is 19.5. The second-order valence-corrected chi connectivity index (χ2v) is 8.43. The van der Waals surface area contributed by atoms with Gasteiger partial charge in [-0.3, -0.25) is 0 Å². The first kappa shape index (κ1) is 21.6. The van der Waals surface area contributed by atoms with Gasteiger partial charge in [-0.15, -0.1) is 0 Å². The number of hydrogen-bond donors (Lipinski definition) is 1. The average molecular weight is 451 g/mol. The topological polar surface area (TPSA) is 44.7 Å². The lowest BCUT2D eigenvalue weighted by Gasteiger charge is -2.13. The number of nitrogens with one attached hydrogen (secondary N) is 1. The third-order valence-electron chi connectivity index (χ3n) is 5.61. The Morgan fingerprint density at radius 3 is 2.90 bits per heavy atom. The Balaban J connectivity index is 1.59. The van der Waals surface area contributed by atoms with Crippen LogP contribution >= 0.6 is 23.2 Å². The summed E-state index contributed by atoms with van der Waals surface area (Å²) in [5.41, 5.74) is 3.74. The molecule has 1 atom stereocenters. The van der Waals surface area contributed by atoms with Gasteiger partial charge < -0.3 is 24.1 Å². The van der Waals surface area contributed by atoms with Crippen LogP contribution in [0.15, 0.2) is 35.8 Å². The zero-order valence-electron chi connectivity index (χ0n) is 17.5. The van der Waals surface area contributed by atoms with Gasteiger partial charge in [0.25, 0.3) is 0 Å². The molecule has 1 fully saturated rings. The Hall–Kier alpha value is -1.66. The summed E-state index contributed by atoms with van der Waals surface area (Å²) in [6.45, 7) is 7.54. The highest BCUT2D eigenvalue weighted by molar-refractivity contribution is 6.38. The fourth-order valence-electron chi connectivity index (χ4n) is 4.20. The molecule has 0 spiro atoms. The number of benzene rings is 1. The van der Waals surface area contributed by atoms with E-state index in [2.05, 4.69) is 22.9 Å². The predicted octanol–water partition coefficient (Wildman–Crippen LogP) is 5.22. The van der Waals surface area contributed by atoms with Gasteiger partial charge in [0.2, 0.25) is 0 Å². The standard InChI is InChI=1S/C23H28Cl2N2O3/c1-3-4-17(13-22-15(2)29-14-30-22)28-10-9-27-20-6-8-26-7-5-18(20)23-19(25)11-16(24)12-21(23)27/h4,11-13,15,26H,3,5-10,14H2,1-2H3/b17-4+,22-13+. The maximum absolute atomic E-state index is 6.61. The maximum Gasteiger partial charge on any atom is 0.189 e. The summed E-state index contributed by atoms with van der Waals surface area (Å²) >= 11 is 13.0. The van der Waals surface area contributed by atoms with Crippen molar-refractivity contribution in [3.8, 4) is 0 Å². The van der Waals surface area contributed by atoms with E-state index in [1.807, 2.05) is 25.1 Å². The van der Waals surface area contributed by atoms with Gasteiger partial charge in [0.15, 0.2) is 6.79 Å². The van der Waals surface area contributed by atoms with Crippen molar-refractivity contribution in [2.24, 2.45) is 0 Å². The Morgan fingerprint density at radius 2 is 2.13 bits per heavy atom. The number of halogens is 2. The minimum absolute atomic E-state index is 0.0465. The van der Waals surface area contributed by atoms with Gasteiger partial charge in [-0.1, -0.05) is 30.1 Å². The van der Waals surface area contributed by atoms with Crippen LogP contribution in [0, 0.1) is 0 Å². The van der Waals surface area contributed by atoms with Gasteiger partial charge in [0, 0.05) is 35.1 Å². The minimum atomic E-state index is -0.0465. The molecule has 30 heavy (non-hydrogen) atoms. The van der Waals surface area contributed by atoms with Crippen molar-refractivity contribution < 1.29 is 14.2 Å². The molecule has 2 aliphatic rings. The highest BCUT2D eigenvalue weighted by Gasteiger charge is 2.22. The average Bonchev–Trinajstić information content (AvgIpc) is 3.13. The SMILES string of the molecule is CC/C=C(\C=C1\OCOC1C)OCCn1c2c(c3c(Cl)cc(Cl)cc31)CCNCC2. The second-order valence-electron chi connectivity index (χ2n) is 7.59. The van der Waals surface area contributed by atoms with Crippen LogP contribution in [0.5, 0.6) is 0 Å². The lowest BCUT2D eigenvalue weighted by atomic mass is 10.1.